The van der Waals surface area contributed by atoms with Crippen LogP contribution < -0.4 is 9.80 Å². The van der Waals surface area contributed by atoms with Crippen molar-refractivity contribution in [1.82, 2.24) is 4.98 Å². The quantitative estimate of drug-likeness (QED) is 0.527. The van der Waals surface area contributed by atoms with Gasteiger partial charge in [0.25, 0.3) is 5.91 Å². The number of nitrogens with zero attached hydrogens (tertiary/aromatic N) is 3. The number of anilines is 3. The predicted octanol–water partition coefficient (Wildman–Crippen LogP) is 6.06. The molecule has 0 unspecified atom stereocenters. The summed E-state index contributed by atoms with van der Waals surface area (Å²) in [5, 5.41) is 0. The summed E-state index contributed by atoms with van der Waals surface area (Å²) in [5.74, 6) is 1.57. The topological polar surface area (TPSA) is 36.4 Å². The van der Waals surface area contributed by atoms with Gasteiger partial charge in [0.15, 0.2) is 0 Å². The molecule has 0 radical (unpaired) electrons. The van der Waals surface area contributed by atoms with Crippen LogP contribution in [0.1, 0.15) is 59.5 Å². The number of hydrogen-bond donors (Lipinski definition) is 0. The second-order valence-electron chi connectivity index (χ2n) is 8.38. The van der Waals surface area contributed by atoms with E-state index in [2.05, 4.69) is 28.1 Å². The molecule has 3 aromatic rings. The average molecular weight is 398 g/mol. The Labute approximate surface area is 178 Å². The molecule has 1 saturated carbocycles. The van der Waals surface area contributed by atoms with E-state index in [9.17, 15) is 4.79 Å². The van der Waals surface area contributed by atoms with E-state index in [1.54, 1.807) is 6.20 Å². The van der Waals surface area contributed by atoms with Crippen LogP contribution in [0, 0.1) is 0 Å². The molecular weight excluding hydrogens is 370 g/mol. The number of fused-ring (bicyclic) bond motifs is 2. The van der Waals surface area contributed by atoms with Gasteiger partial charge in [0, 0.05) is 24.4 Å². The molecule has 1 amide bonds. The van der Waals surface area contributed by atoms with Crippen molar-refractivity contribution in [2.24, 2.45) is 0 Å². The van der Waals surface area contributed by atoms with E-state index in [-0.39, 0.29) is 5.91 Å². The van der Waals surface area contributed by atoms with E-state index in [4.69, 9.17) is 0 Å². The highest BCUT2D eigenvalue weighted by molar-refractivity contribution is 6.08. The Balaban J connectivity index is 1.49. The molecule has 1 aliphatic carbocycles. The van der Waals surface area contributed by atoms with Gasteiger partial charge in [0.2, 0.25) is 0 Å². The average Bonchev–Trinajstić information content (AvgIpc) is 2.94. The fraction of sp³-hybridized carbons (Fsp3) is 0.308. The number of hydrogen-bond acceptors (Lipinski definition) is 3. The zero-order valence-corrected chi connectivity index (χ0v) is 17.4. The van der Waals surface area contributed by atoms with Gasteiger partial charge in [0.05, 0.1) is 17.9 Å². The van der Waals surface area contributed by atoms with Crippen LogP contribution in [0.3, 0.4) is 0 Å². The Kier molecular flexibility index (Phi) is 4.99. The van der Waals surface area contributed by atoms with Crippen molar-refractivity contribution in [1.29, 1.82) is 0 Å². The largest absolute Gasteiger partial charge is 0.327 e. The fourth-order valence-corrected chi connectivity index (χ4v) is 4.87. The summed E-state index contributed by atoms with van der Waals surface area (Å²) in [6.45, 7) is 0.508. The zero-order chi connectivity index (χ0) is 20.5. The van der Waals surface area contributed by atoms with Crippen molar-refractivity contribution in [3.63, 3.8) is 0 Å². The monoisotopic (exact) mass is 397 g/mol. The predicted molar refractivity (Wildman–Crippen MR) is 122 cm³/mol. The summed E-state index contributed by atoms with van der Waals surface area (Å²) < 4.78 is 0. The Morgan fingerprint density at radius 2 is 1.63 bits per heavy atom. The highest BCUT2D eigenvalue weighted by Crippen LogP contribution is 2.39. The fourth-order valence-electron chi connectivity index (χ4n) is 4.87. The van der Waals surface area contributed by atoms with Crippen molar-refractivity contribution < 1.29 is 4.79 Å². The van der Waals surface area contributed by atoms with Crippen LogP contribution in [0.25, 0.3) is 0 Å². The maximum atomic E-state index is 13.6. The summed E-state index contributed by atoms with van der Waals surface area (Å²) in [4.78, 5) is 22.1. The molecule has 0 bridgehead atoms. The Hall–Kier alpha value is -3.14. The van der Waals surface area contributed by atoms with E-state index in [0.717, 1.165) is 28.3 Å². The molecule has 5 rings (SSSR count). The normalized spacial score (nSPS) is 16.6. The number of para-hydroxylation sites is 2. The minimum Gasteiger partial charge on any atom is -0.327 e. The lowest BCUT2D eigenvalue weighted by Crippen LogP contribution is -2.30. The second kappa shape index (κ2) is 7.94. The third-order valence-electron chi connectivity index (χ3n) is 6.53. The van der Waals surface area contributed by atoms with Crippen LogP contribution in [0.2, 0.25) is 0 Å². The van der Waals surface area contributed by atoms with Crippen LogP contribution in [0.5, 0.6) is 0 Å². The number of rotatable bonds is 2. The lowest BCUT2D eigenvalue weighted by molar-refractivity contribution is 0.0985. The first-order valence-corrected chi connectivity index (χ1v) is 10.9. The molecule has 0 atom stereocenters. The lowest BCUT2D eigenvalue weighted by Gasteiger charge is -2.25. The SMILES string of the molecule is CN1c2ccccc2N(C(=O)c2ccc(C3CCCCC3)cc2)Cc2cccnc21. The molecule has 2 aliphatic rings. The number of pyridine rings is 1. The van der Waals surface area contributed by atoms with Gasteiger partial charge in [-0.05, 0) is 54.7 Å². The van der Waals surface area contributed by atoms with Crippen molar-refractivity contribution >= 4 is 23.1 Å². The lowest BCUT2D eigenvalue weighted by atomic mass is 9.84. The molecular formula is C26H27N3O. The first-order valence-electron chi connectivity index (χ1n) is 10.9. The molecule has 30 heavy (non-hydrogen) atoms. The highest BCUT2D eigenvalue weighted by Gasteiger charge is 2.28. The van der Waals surface area contributed by atoms with E-state index in [1.807, 2.05) is 54.4 Å². The minimum atomic E-state index is 0.0303. The first-order chi connectivity index (χ1) is 14.7. The number of amides is 1. The smallest absolute Gasteiger partial charge is 0.258 e. The number of aromatic nitrogens is 1. The van der Waals surface area contributed by atoms with Crippen molar-refractivity contribution in [3.8, 4) is 0 Å². The zero-order valence-electron chi connectivity index (χ0n) is 17.4. The summed E-state index contributed by atoms with van der Waals surface area (Å²) in [7, 11) is 2.01. The van der Waals surface area contributed by atoms with E-state index < -0.39 is 0 Å². The molecule has 4 heteroatoms. The number of carbonyl (C=O) groups is 1. The molecule has 1 fully saturated rings. The van der Waals surface area contributed by atoms with Gasteiger partial charge in [-0.15, -0.1) is 0 Å². The van der Waals surface area contributed by atoms with Gasteiger partial charge in [0.1, 0.15) is 5.82 Å². The van der Waals surface area contributed by atoms with Gasteiger partial charge in [-0.25, -0.2) is 4.98 Å². The van der Waals surface area contributed by atoms with Gasteiger partial charge >= 0.3 is 0 Å². The van der Waals surface area contributed by atoms with Crippen molar-refractivity contribution in [3.05, 3.63) is 83.6 Å². The molecule has 0 N–H and O–H groups in total. The molecule has 1 aliphatic heterocycles. The molecule has 4 nitrogen and oxygen atoms in total. The summed E-state index contributed by atoms with van der Waals surface area (Å²) in [5.41, 5.74) is 5.06. The van der Waals surface area contributed by atoms with E-state index in [0.29, 0.717) is 12.5 Å². The highest BCUT2D eigenvalue weighted by atomic mass is 16.2. The maximum Gasteiger partial charge on any atom is 0.258 e. The molecule has 2 aromatic carbocycles. The first kappa shape index (κ1) is 18.9. The Bertz CT molecular complexity index is 1050. The van der Waals surface area contributed by atoms with Crippen LogP contribution in [0.15, 0.2) is 66.9 Å². The van der Waals surface area contributed by atoms with Gasteiger partial charge in [-0.3, -0.25) is 4.79 Å². The molecule has 0 saturated heterocycles. The van der Waals surface area contributed by atoms with Gasteiger partial charge < -0.3 is 9.80 Å². The minimum absolute atomic E-state index is 0.0303. The standard InChI is InChI=1S/C26H27N3O/c1-28-23-11-5-6-12-24(23)29(18-22-10-7-17-27-25(22)28)26(30)21-15-13-20(14-16-21)19-8-3-2-4-9-19/h5-7,10-17,19H,2-4,8-9,18H2,1H3. The molecule has 152 valence electrons. The summed E-state index contributed by atoms with van der Waals surface area (Å²) >= 11 is 0. The van der Waals surface area contributed by atoms with E-state index >= 15 is 0 Å². The Morgan fingerprint density at radius 1 is 0.900 bits per heavy atom. The summed E-state index contributed by atoms with van der Waals surface area (Å²) in [6, 6.07) is 20.4. The number of benzene rings is 2. The van der Waals surface area contributed by atoms with Crippen LogP contribution >= 0.6 is 0 Å². The van der Waals surface area contributed by atoms with E-state index in [1.165, 1.54) is 37.7 Å². The van der Waals surface area contributed by atoms with Crippen molar-refractivity contribution in [2.75, 3.05) is 16.8 Å². The van der Waals surface area contributed by atoms with Crippen LogP contribution in [0.4, 0.5) is 17.2 Å². The molecule has 2 heterocycles. The van der Waals surface area contributed by atoms with Crippen molar-refractivity contribution in [2.45, 2.75) is 44.6 Å². The summed E-state index contributed by atoms with van der Waals surface area (Å²) in [6.07, 6.45) is 8.32. The Morgan fingerprint density at radius 3 is 2.40 bits per heavy atom. The van der Waals surface area contributed by atoms with Gasteiger partial charge in [-0.2, -0.15) is 0 Å². The molecule has 1 aromatic heterocycles. The number of carbonyl (C=O) groups excluding carboxylic acids is 1. The third-order valence-corrected chi connectivity index (χ3v) is 6.53. The third kappa shape index (κ3) is 3.36. The van der Waals surface area contributed by atoms with Crippen LogP contribution in [-0.2, 0) is 6.54 Å². The van der Waals surface area contributed by atoms with Gasteiger partial charge in [-0.1, -0.05) is 49.6 Å². The molecule has 0 spiro atoms. The van der Waals surface area contributed by atoms with Crippen LogP contribution in [-0.4, -0.2) is 17.9 Å². The maximum absolute atomic E-state index is 13.6. The second-order valence-corrected chi connectivity index (χ2v) is 8.38.